The Morgan fingerprint density at radius 3 is 2.41 bits per heavy atom. The van der Waals surface area contributed by atoms with Crippen LogP contribution < -0.4 is 0 Å². The largest absolute Gasteiger partial charge is 0.446 e. The molecular formula is C19H21NO2. The predicted octanol–water partition coefficient (Wildman–Crippen LogP) is 3.44. The molecule has 1 atom stereocenters. The fraction of sp³-hybridized carbons (Fsp3) is 0.316. The molecule has 3 nitrogen and oxygen atoms in total. The number of rotatable bonds is 5. The Morgan fingerprint density at radius 2 is 1.68 bits per heavy atom. The van der Waals surface area contributed by atoms with Crippen molar-refractivity contribution in [2.45, 2.75) is 18.4 Å². The Bertz CT molecular complexity index is 666. The quantitative estimate of drug-likeness (QED) is 0.791. The third kappa shape index (κ3) is 2.53. The van der Waals surface area contributed by atoms with E-state index in [1.165, 1.54) is 0 Å². The lowest BCUT2D eigenvalue weighted by atomic mass is 9.82. The van der Waals surface area contributed by atoms with E-state index < -0.39 is 5.60 Å². The molecule has 0 aromatic heterocycles. The number of esters is 1. The van der Waals surface area contributed by atoms with Crippen LogP contribution >= 0.6 is 0 Å². The number of carbonyl (C=O) groups excluding carboxylic acids is 1. The first-order valence-corrected chi connectivity index (χ1v) is 7.66. The first-order valence-electron chi connectivity index (χ1n) is 7.66. The maximum absolute atomic E-state index is 12.3. The van der Waals surface area contributed by atoms with Crippen LogP contribution in [0.15, 0.2) is 54.6 Å². The lowest BCUT2D eigenvalue weighted by molar-refractivity contribution is 0.00584. The van der Waals surface area contributed by atoms with Gasteiger partial charge in [0.25, 0.3) is 0 Å². The molecule has 1 aliphatic heterocycles. The summed E-state index contributed by atoms with van der Waals surface area (Å²) in [4.78, 5) is 14.5. The molecular weight excluding hydrogens is 274 g/mol. The standard InChI is InChI=1S/C19H21NO2/c1-20(2)14-8-13-19(15-9-4-3-5-10-15)17-12-7-6-11-16(17)18(21)22-19/h3-7,9-12H,8,13-14H2,1-2H3/t19-/m1/s1. The van der Waals surface area contributed by atoms with Crippen LogP contribution in [-0.4, -0.2) is 31.5 Å². The zero-order valence-electron chi connectivity index (χ0n) is 13.1. The van der Waals surface area contributed by atoms with Gasteiger partial charge in [-0.25, -0.2) is 4.79 Å². The molecule has 3 rings (SSSR count). The van der Waals surface area contributed by atoms with Crippen molar-refractivity contribution in [1.29, 1.82) is 0 Å². The molecule has 0 saturated heterocycles. The van der Waals surface area contributed by atoms with Gasteiger partial charge in [0.15, 0.2) is 5.60 Å². The van der Waals surface area contributed by atoms with Crippen LogP contribution in [0.3, 0.4) is 0 Å². The number of nitrogens with zero attached hydrogens (tertiary/aromatic N) is 1. The molecule has 2 aromatic carbocycles. The van der Waals surface area contributed by atoms with Crippen molar-refractivity contribution >= 4 is 5.97 Å². The number of carbonyl (C=O) groups is 1. The van der Waals surface area contributed by atoms with Crippen molar-refractivity contribution in [3.63, 3.8) is 0 Å². The molecule has 0 N–H and O–H groups in total. The molecule has 0 amide bonds. The average Bonchev–Trinajstić information content (AvgIpc) is 2.82. The van der Waals surface area contributed by atoms with Crippen LogP contribution in [0.2, 0.25) is 0 Å². The van der Waals surface area contributed by atoms with Gasteiger partial charge < -0.3 is 9.64 Å². The van der Waals surface area contributed by atoms with E-state index in [0.29, 0.717) is 5.56 Å². The number of hydrogen-bond acceptors (Lipinski definition) is 3. The van der Waals surface area contributed by atoms with Crippen molar-refractivity contribution in [1.82, 2.24) is 4.90 Å². The first-order chi connectivity index (χ1) is 10.6. The molecule has 0 aliphatic carbocycles. The summed E-state index contributed by atoms with van der Waals surface area (Å²) in [6.45, 7) is 0.967. The monoisotopic (exact) mass is 295 g/mol. The van der Waals surface area contributed by atoms with Crippen molar-refractivity contribution in [3.05, 3.63) is 71.3 Å². The minimum absolute atomic E-state index is 0.218. The highest BCUT2D eigenvalue weighted by Crippen LogP contribution is 2.45. The molecule has 114 valence electrons. The highest BCUT2D eigenvalue weighted by atomic mass is 16.6. The van der Waals surface area contributed by atoms with Crippen molar-refractivity contribution in [3.8, 4) is 0 Å². The van der Waals surface area contributed by atoms with Crippen LogP contribution in [0.1, 0.15) is 34.3 Å². The van der Waals surface area contributed by atoms with E-state index in [1.807, 2.05) is 54.6 Å². The smallest absolute Gasteiger partial charge is 0.339 e. The molecule has 2 aromatic rings. The Balaban J connectivity index is 2.04. The van der Waals surface area contributed by atoms with Crippen molar-refractivity contribution in [2.24, 2.45) is 0 Å². The van der Waals surface area contributed by atoms with E-state index in [-0.39, 0.29) is 5.97 Å². The first kappa shape index (κ1) is 14.8. The van der Waals surface area contributed by atoms with E-state index in [4.69, 9.17) is 4.74 Å². The molecule has 0 saturated carbocycles. The van der Waals surface area contributed by atoms with E-state index in [9.17, 15) is 4.79 Å². The number of cyclic esters (lactones) is 1. The van der Waals surface area contributed by atoms with Crippen LogP contribution in [-0.2, 0) is 10.3 Å². The van der Waals surface area contributed by atoms with Gasteiger partial charge in [-0.1, -0.05) is 48.5 Å². The lowest BCUT2D eigenvalue weighted by Crippen LogP contribution is -2.29. The summed E-state index contributed by atoms with van der Waals surface area (Å²) in [6.07, 6.45) is 1.75. The van der Waals surface area contributed by atoms with E-state index in [2.05, 4.69) is 19.0 Å². The SMILES string of the molecule is CN(C)CCC[C@]1(c2ccccc2)OC(=O)c2ccccc21. The van der Waals surface area contributed by atoms with Crippen molar-refractivity contribution in [2.75, 3.05) is 20.6 Å². The molecule has 0 spiro atoms. The Kier molecular flexibility index (Phi) is 3.99. The summed E-state index contributed by atoms with van der Waals surface area (Å²) in [7, 11) is 4.12. The Hall–Kier alpha value is -2.13. The lowest BCUT2D eigenvalue weighted by Gasteiger charge is -2.30. The third-order valence-electron chi connectivity index (χ3n) is 4.22. The highest BCUT2D eigenvalue weighted by molar-refractivity contribution is 5.95. The summed E-state index contributed by atoms with van der Waals surface area (Å²) in [5.74, 6) is -0.218. The van der Waals surface area contributed by atoms with E-state index >= 15 is 0 Å². The highest BCUT2D eigenvalue weighted by Gasteiger charge is 2.46. The zero-order chi connectivity index (χ0) is 15.6. The topological polar surface area (TPSA) is 29.5 Å². The van der Waals surface area contributed by atoms with Gasteiger partial charge in [0.2, 0.25) is 0 Å². The van der Waals surface area contributed by atoms with Crippen LogP contribution in [0.25, 0.3) is 0 Å². The summed E-state index contributed by atoms with van der Waals surface area (Å²) < 4.78 is 5.93. The predicted molar refractivity (Wildman–Crippen MR) is 86.9 cm³/mol. The molecule has 22 heavy (non-hydrogen) atoms. The molecule has 3 heteroatoms. The Morgan fingerprint density at radius 1 is 1.00 bits per heavy atom. The fourth-order valence-electron chi connectivity index (χ4n) is 3.18. The molecule has 0 radical (unpaired) electrons. The third-order valence-corrected chi connectivity index (χ3v) is 4.22. The second-order valence-corrected chi connectivity index (χ2v) is 6.03. The summed E-state index contributed by atoms with van der Waals surface area (Å²) in [6, 6.07) is 17.8. The number of hydrogen-bond donors (Lipinski definition) is 0. The second kappa shape index (κ2) is 5.93. The Labute approximate surface area is 131 Å². The molecule has 0 unspecified atom stereocenters. The van der Waals surface area contributed by atoms with E-state index in [1.54, 1.807) is 0 Å². The second-order valence-electron chi connectivity index (χ2n) is 6.03. The van der Waals surface area contributed by atoms with Crippen LogP contribution in [0, 0.1) is 0 Å². The summed E-state index contributed by atoms with van der Waals surface area (Å²) in [5.41, 5.74) is 2.08. The normalized spacial score (nSPS) is 20.0. The van der Waals surface area contributed by atoms with Gasteiger partial charge in [0, 0.05) is 11.1 Å². The molecule has 1 aliphatic rings. The number of benzene rings is 2. The van der Waals surface area contributed by atoms with Gasteiger partial charge in [-0.15, -0.1) is 0 Å². The fourth-order valence-corrected chi connectivity index (χ4v) is 3.18. The maximum atomic E-state index is 12.3. The number of ether oxygens (including phenoxy) is 1. The van der Waals surface area contributed by atoms with Gasteiger partial charge >= 0.3 is 5.97 Å². The van der Waals surface area contributed by atoms with Gasteiger partial charge in [-0.05, 0) is 39.5 Å². The van der Waals surface area contributed by atoms with Crippen LogP contribution in [0.4, 0.5) is 0 Å². The van der Waals surface area contributed by atoms with Gasteiger partial charge in [0.1, 0.15) is 0 Å². The number of fused-ring (bicyclic) bond motifs is 1. The summed E-state index contributed by atoms with van der Waals surface area (Å²) >= 11 is 0. The molecule has 0 bridgehead atoms. The minimum Gasteiger partial charge on any atom is -0.446 e. The molecule has 0 fully saturated rings. The van der Waals surface area contributed by atoms with Gasteiger partial charge in [0.05, 0.1) is 5.56 Å². The summed E-state index contributed by atoms with van der Waals surface area (Å²) in [5, 5.41) is 0. The maximum Gasteiger partial charge on any atom is 0.339 e. The minimum atomic E-state index is -0.648. The van der Waals surface area contributed by atoms with E-state index in [0.717, 1.165) is 30.5 Å². The van der Waals surface area contributed by atoms with Gasteiger partial charge in [-0.3, -0.25) is 0 Å². The van der Waals surface area contributed by atoms with Crippen LogP contribution in [0.5, 0.6) is 0 Å². The average molecular weight is 295 g/mol. The van der Waals surface area contributed by atoms with Gasteiger partial charge in [-0.2, -0.15) is 0 Å². The molecule has 1 heterocycles. The van der Waals surface area contributed by atoms with Crippen molar-refractivity contribution < 1.29 is 9.53 Å². The zero-order valence-corrected chi connectivity index (χ0v) is 13.1.